The molecular weight excluding hydrogens is 336 g/mol. The number of ether oxygens (including phenoxy) is 1. The zero-order valence-electron chi connectivity index (χ0n) is 15.8. The number of piperidine rings is 1. The molecule has 0 saturated carbocycles. The maximum Gasteiger partial charge on any atom is 0.200 e. The number of benzene rings is 1. The van der Waals surface area contributed by atoms with Crippen LogP contribution in [0.15, 0.2) is 53.9 Å². The second-order valence-corrected chi connectivity index (χ2v) is 7.77. The monoisotopic (exact) mass is 362 g/mol. The van der Waals surface area contributed by atoms with Gasteiger partial charge < -0.3 is 9.64 Å². The van der Waals surface area contributed by atoms with Gasteiger partial charge in [-0.1, -0.05) is 25.1 Å². The topological polar surface area (TPSA) is 41.0 Å². The van der Waals surface area contributed by atoms with Crippen molar-refractivity contribution in [2.45, 2.75) is 44.4 Å². The average molecular weight is 362 g/mol. The Morgan fingerprint density at radius 1 is 1.11 bits per heavy atom. The van der Waals surface area contributed by atoms with Gasteiger partial charge in [0, 0.05) is 55.9 Å². The van der Waals surface area contributed by atoms with Crippen LogP contribution >= 0.6 is 0 Å². The first-order chi connectivity index (χ1) is 13.3. The van der Waals surface area contributed by atoms with Gasteiger partial charge in [0.15, 0.2) is 0 Å². The largest absolute Gasteiger partial charge is 0.466 e. The van der Waals surface area contributed by atoms with Gasteiger partial charge in [-0.2, -0.15) is 5.10 Å². The zero-order valence-corrected chi connectivity index (χ0v) is 15.8. The minimum absolute atomic E-state index is 0.260. The van der Waals surface area contributed by atoms with Crippen LogP contribution in [-0.4, -0.2) is 46.0 Å². The smallest absolute Gasteiger partial charge is 0.200 e. The lowest BCUT2D eigenvalue weighted by molar-refractivity contribution is -0.149. The number of hydrazone groups is 1. The summed E-state index contributed by atoms with van der Waals surface area (Å²) in [5, 5.41) is 7.39. The Labute approximate surface area is 160 Å². The van der Waals surface area contributed by atoms with Crippen molar-refractivity contribution in [2.75, 3.05) is 19.6 Å². The Bertz CT molecular complexity index is 842. The summed E-state index contributed by atoms with van der Waals surface area (Å²) in [5.41, 5.74) is 3.23. The summed E-state index contributed by atoms with van der Waals surface area (Å²) in [6.45, 7) is 5.56. The summed E-state index contributed by atoms with van der Waals surface area (Å²) in [4.78, 5) is 6.70. The lowest BCUT2D eigenvalue weighted by Gasteiger charge is -2.51. The Morgan fingerprint density at radius 2 is 1.89 bits per heavy atom. The van der Waals surface area contributed by atoms with E-state index < -0.39 is 0 Å². The fourth-order valence-electron chi connectivity index (χ4n) is 4.72. The fraction of sp³-hybridized carbons (Fsp3) is 0.455. The molecule has 0 bridgehead atoms. The highest BCUT2D eigenvalue weighted by atomic mass is 16.5. The van der Waals surface area contributed by atoms with Crippen molar-refractivity contribution >= 4 is 5.71 Å². The third kappa shape index (κ3) is 2.81. The molecule has 3 aliphatic rings. The van der Waals surface area contributed by atoms with E-state index in [-0.39, 0.29) is 11.8 Å². The van der Waals surface area contributed by atoms with Gasteiger partial charge in [-0.05, 0) is 31.2 Å². The van der Waals surface area contributed by atoms with Crippen LogP contribution in [0, 0.1) is 0 Å². The summed E-state index contributed by atoms with van der Waals surface area (Å²) in [6.07, 6.45) is 7.80. The SMILES string of the molecule is CCCN1CCC2(CC1)Oc1ccccc1[C@@H]1CC(c3ccncc3)=NN12. The number of para-hydroxylation sites is 1. The van der Waals surface area contributed by atoms with Crippen molar-refractivity contribution in [3.63, 3.8) is 0 Å². The Morgan fingerprint density at radius 3 is 2.67 bits per heavy atom. The van der Waals surface area contributed by atoms with E-state index in [1.54, 1.807) is 0 Å². The number of aromatic nitrogens is 1. The molecule has 2 aromatic rings. The number of hydrogen-bond acceptors (Lipinski definition) is 5. The molecule has 5 heteroatoms. The van der Waals surface area contributed by atoms with Crippen LogP contribution in [-0.2, 0) is 0 Å². The molecule has 0 radical (unpaired) electrons. The van der Waals surface area contributed by atoms with Crippen LogP contribution in [0.5, 0.6) is 5.75 Å². The van der Waals surface area contributed by atoms with Crippen molar-refractivity contribution < 1.29 is 4.74 Å². The quantitative estimate of drug-likeness (QED) is 0.832. The van der Waals surface area contributed by atoms with E-state index in [9.17, 15) is 0 Å². The van der Waals surface area contributed by atoms with Crippen LogP contribution in [0.4, 0.5) is 0 Å². The van der Waals surface area contributed by atoms with Crippen molar-refractivity contribution in [1.29, 1.82) is 0 Å². The molecule has 1 fully saturated rings. The van der Waals surface area contributed by atoms with Gasteiger partial charge in [0.05, 0.1) is 11.8 Å². The number of fused-ring (bicyclic) bond motifs is 4. The second kappa shape index (κ2) is 6.64. The molecule has 5 nitrogen and oxygen atoms in total. The van der Waals surface area contributed by atoms with Crippen molar-refractivity contribution in [3.05, 3.63) is 59.9 Å². The summed E-state index contributed by atoms with van der Waals surface area (Å²) in [5.74, 6) is 1.04. The number of hydrogen-bond donors (Lipinski definition) is 0. The van der Waals surface area contributed by atoms with Gasteiger partial charge >= 0.3 is 0 Å². The lowest BCUT2D eigenvalue weighted by atomic mass is 9.91. The first-order valence-corrected chi connectivity index (χ1v) is 10.1. The molecule has 1 spiro atoms. The molecule has 1 atom stereocenters. The molecule has 140 valence electrons. The van der Waals surface area contributed by atoms with E-state index in [0.29, 0.717) is 0 Å². The van der Waals surface area contributed by atoms with Crippen LogP contribution in [0.25, 0.3) is 0 Å². The number of likely N-dealkylation sites (tertiary alicyclic amines) is 1. The van der Waals surface area contributed by atoms with Gasteiger partial charge in [-0.3, -0.25) is 4.98 Å². The average Bonchev–Trinajstić information content (AvgIpc) is 3.18. The van der Waals surface area contributed by atoms with E-state index >= 15 is 0 Å². The minimum Gasteiger partial charge on any atom is -0.466 e. The standard InChI is InChI=1S/C22H26N4O/c1-2-13-25-14-9-22(10-15-25)26-20(18-5-3-4-6-21(18)27-22)16-19(24-26)17-7-11-23-12-8-17/h3-8,11-12,20H,2,9-10,13-16H2,1H3/t20-/m0/s1. The summed E-state index contributed by atoms with van der Waals surface area (Å²) < 4.78 is 6.66. The highest BCUT2D eigenvalue weighted by Crippen LogP contribution is 2.49. The number of pyridine rings is 1. The third-order valence-electron chi connectivity index (χ3n) is 6.10. The highest BCUT2D eigenvalue weighted by Gasteiger charge is 2.51. The zero-order chi connectivity index (χ0) is 18.3. The van der Waals surface area contributed by atoms with Crippen LogP contribution in [0.2, 0.25) is 0 Å². The molecule has 0 unspecified atom stereocenters. The third-order valence-corrected chi connectivity index (χ3v) is 6.10. The summed E-state index contributed by atoms with van der Waals surface area (Å²) in [7, 11) is 0. The maximum atomic E-state index is 6.66. The molecule has 1 aromatic carbocycles. The van der Waals surface area contributed by atoms with Crippen molar-refractivity contribution in [3.8, 4) is 5.75 Å². The Kier molecular flexibility index (Phi) is 4.12. The summed E-state index contributed by atoms with van der Waals surface area (Å²) in [6, 6.07) is 12.9. The number of nitrogens with zero attached hydrogens (tertiary/aromatic N) is 4. The van der Waals surface area contributed by atoms with E-state index in [2.05, 4.69) is 58.2 Å². The predicted octanol–water partition coefficient (Wildman–Crippen LogP) is 3.83. The normalized spacial score (nSPS) is 23.5. The molecule has 3 aliphatic heterocycles. The van der Waals surface area contributed by atoms with E-state index in [0.717, 1.165) is 49.4 Å². The molecule has 0 amide bonds. The van der Waals surface area contributed by atoms with Crippen LogP contribution in [0.1, 0.15) is 49.8 Å². The van der Waals surface area contributed by atoms with Gasteiger partial charge in [-0.25, -0.2) is 5.01 Å². The van der Waals surface area contributed by atoms with Crippen molar-refractivity contribution in [1.82, 2.24) is 14.9 Å². The van der Waals surface area contributed by atoms with E-state index in [1.807, 2.05) is 12.4 Å². The minimum atomic E-state index is -0.321. The molecule has 1 saturated heterocycles. The molecule has 0 aliphatic carbocycles. The van der Waals surface area contributed by atoms with Gasteiger partial charge in [0.1, 0.15) is 5.75 Å². The summed E-state index contributed by atoms with van der Waals surface area (Å²) >= 11 is 0. The predicted molar refractivity (Wildman–Crippen MR) is 106 cm³/mol. The van der Waals surface area contributed by atoms with Crippen molar-refractivity contribution in [2.24, 2.45) is 5.10 Å². The lowest BCUT2D eigenvalue weighted by Crippen LogP contribution is -2.59. The maximum absolute atomic E-state index is 6.66. The first-order valence-electron chi connectivity index (χ1n) is 10.1. The number of rotatable bonds is 3. The second-order valence-electron chi connectivity index (χ2n) is 7.77. The fourth-order valence-corrected chi connectivity index (χ4v) is 4.72. The molecular formula is C22H26N4O. The molecule has 27 heavy (non-hydrogen) atoms. The Hall–Kier alpha value is -2.40. The van der Waals surface area contributed by atoms with Gasteiger partial charge in [-0.15, -0.1) is 0 Å². The van der Waals surface area contributed by atoms with Gasteiger partial charge in [0.2, 0.25) is 5.72 Å². The van der Waals surface area contributed by atoms with E-state index in [4.69, 9.17) is 9.84 Å². The van der Waals surface area contributed by atoms with E-state index in [1.165, 1.54) is 18.5 Å². The van der Waals surface area contributed by atoms with Crippen LogP contribution in [0.3, 0.4) is 0 Å². The molecule has 0 N–H and O–H groups in total. The van der Waals surface area contributed by atoms with Gasteiger partial charge in [0.25, 0.3) is 0 Å². The Balaban J connectivity index is 1.51. The molecule has 5 rings (SSSR count). The highest BCUT2D eigenvalue weighted by molar-refractivity contribution is 6.01. The molecule has 1 aromatic heterocycles. The van der Waals surface area contributed by atoms with Crippen LogP contribution < -0.4 is 4.74 Å². The molecule has 4 heterocycles. The first kappa shape index (κ1) is 16.8.